The smallest absolute Gasteiger partial charge is 0.263 e. The highest BCUT2D eigenvalue weighted by molar-refractivity contribution is 7.99. The molecule has 0 unspecified atom stereocenters. The van der Waals surface area contributed by atoms with Crippen LogP contribution in [0.25, 0.3) is 10.2 Å². The number of nitrogens with zero attached hydrogens (tertiary/aromatic N) is 2. The highest BCUT2D eigenvalue weighted by Gasteiger charge is 2.18. The van der Waals surface area contributed by atoms with Crippen molar-refractivity contribution in [1.82, 2.24) is 9.55 Å². The van der Waals surface area contributed by atoms with Crippen LogP contribution in [0, 0.1) is 13.8 Å². The van der Waals surface area contributed by atoms with Gasteiger partial charge in [-0.25, -0.2) is 4.98 Å². The van der Waals surface area contributed by atoms with Crippen molar-refractivity contribution >= 4 is 44.9 Å². The summed E-state index contributed by atoms with van der Waals surface area (Å²) in [6.07, 6.45) is 0.705. The zero-order valence-electron chi connectivity index (χ0n) is 18.8. The molecule has 2 heterocycles. The molecule has 8 heteroatoms. The molecule has 0 aliphatic heterocycles. The van der Waals surface area contributed by atoms with E-state index in [9.17, 15) is 9.59 Å². The average Bonchev–Trinajstić information content (AvgIpc) is 3.11. The predicted octanol–water partition coefficient (Wildman–Crippen LogP) is 5.06. The number of para-hydroxylation sites is 2. The zero-order valence-corrected chi connectivity index (χ0v) is 20.4. The molecule has 0 saturated heterocycles. The Bertz CT molecular complexity index is 1350. The van der Waals surface area contributed by atoms with Crippen LogP contribution in [-0.4, -0.2) is 28.3 Å². The molecule has 4 aromatic rings. The van der Waals surface area contributed by atoms with Crippen molar-refractivity contribution in [3.63, 3.8) is 0 Å². The van der Waals surface area contributed by atoms with E-state index in [0.29, 0.717) is 34.9 Å². The fourth-order valence-electron chi connectivity index (χ4n) is 3.57. The van der Waals surface area contributed by atoms with E-state index < -0.39 is 0 Å². The Hall–Kier alpha value is -3.10. The van der Waals surface area contributed by atoms with Crippen LogP contribution in [0.2, 0.25) is 0 Å². The first-order valence-corrected chi connectivity index (χ1v) is 12.4. The normalized spacial score (nSPS) is 11.0. The minimum Gasteiger partial charge on any atom is -0.495 e. The molecule has 0 spiro atoms. The van der Waals surface area contributed by atoms with Gasteiger partial charge >= 0.3 is 0 Å². The molecule has 6 nitrogen and oxygen atoms in total. The number of hydrogen-bond acceptors (Lipinski definition) is 6. The topological polar surface area (TPSA) is 73.2 Å². The molecule has 0 atom stereocenters. The summed E-state index contributed by atoms with van der Waals surface area (Å²) in [5.74, 6) is 0.539. The minimum atomic E-state index is -0.188. The number of rotatable bonds is 8. The number of methoxy groups -OCH3 is 1. The van der Waals surface area contributed by atoms with Gasteiger partial charge in [0, 0.05) is 11.4 Å². The van der Waals surface area contributed by atoms with Gasteiger partial charge in [-0.05, 0) is 43.5 Å². The summed E-state index contributed by atoms with van der Waals surface area (Å²) < 4.78 is 7.01. The Morgan fingerprint density at radius 2 is 1.85 bits per heavy atom. The molecular weight excluding hydrogens is 454 g/mol. The minimum absolute atomic E-state index is 0.0505. The molecule has 0 aliphatic carbocycles. The molecule has 4 rings (SSSR count). The second-order valence-electron chi connectivity index (χ2n) is 7.59. The molecule has 1 amide bonds. The lowest BCUT2D eigenvalue weighted by molar-refractivity contribution is -0.113. The Morgan fingerprint density at radius 3 is 2.61 bits per heavy atom. The Kier molecular flexibility index (Phi) is 7.15. The van der Waals surface area contributed by atoms with Crippen LogP contribution in [0.3, 0.4) is 0 Å². The number of thioether (sulfide) groups is 1. The molecule has 170 valence electrons. The zero-order chi connectivity index (χ0) is 23.4. The Labute approximate surface area is 200 Å². The SMILES string of the molecule is COc1ccccc1NC(=O)CSc1nc2sc(C)c(C)c2c(=O)n1CCc1ccccc1. The Balaban J connectivity index is 1.59. The van der Waals surface area contributed by atoms with Gasteiger partial charge in [0.05, 0.1) is 23.9 Å². The maximum Gasteiger partial charge on any atom is 0.263 e. The number of amides is 1. The van der Waals surface area contributed by atoms with Gasteiger partial charge < -0.3 is 10.1 Å². The molecule has 0 radical (unpaired) electrons. The number of carbonyl (C=O) groups excluding carboxylic acids is 1. The lowest BCUT2D eigenvalue weighted by Crippen LogP contribution is -2.25. The quantitative estimate of drug-likeness (QED) is 0.283. The lowest BCUT2D eigenvalue weighted by Gasteiger charge is -2.13. The van der Waals surface area contributed by atoms with Gasteiger partial charge in [0.15, 0.2) is 5.16 Å². The number of fused-ring (bicyclic) bond motifs is 1. The summed E-state index contributed by atoms with van der Waals surface area (Å²) >= 11 is 2.79. The van der Waals surface area contributed by atoms with E-state index in [4.69, 9.17) is 9.72 Å². The average molecular weight is 480 g/mol. The van der Waals surface area contributed by atoms with Crippen molar-refractivity contribution < 1.29 is 9.53 Å². The van der Waals surface area contributed by atoms with Crippen LogP contribution in [0.4, 0.5) is 5.69 Å². The van der Waals surface area contributed by atoms with E-state index in [0.717, 1.165) is 20.8 Å². The number of ether oxygens (including phenoxy) is 1. The maximum atomic E-state index is 13.4. The first-order chi connectivity index (χ1) is 16.0. The van der Waals surface area contributed by atoms with E-state index in [2.05, 4.69) is 5.32 Å². The summed E-state index contributed by atoms with van der Waals surface area (Å²) in [4.78, 5) is 32.7. The third-order valence-corrected chi connectivity index (χ3v) is 7.51. The van der Waals surface area contributed by atoms with Gasteiger partial charge in [0.2, 0.25) is 5.91 Å². The summed E-state index contributed by atoms with van der Waals surface area (Å²) in [7, 11) is 1.56. The molecule has 1 N–H and O–H groups in total. The van der Waals surface area contributed by atoms with Gasteiger partial charge in [-0.15, -0.1) is 11.3 Å². The van der Waals surface area contributed by atoms with Gasteiger partial charge in [-0.2, -0.15) is 0 Å². The summed E-state index contributed by atoms with van der Waals surface area (Å²) in [6, 6.07) is 17.3. The number of benzene rings is 2. The van der Waals surface area contributed by atoms with Crippen LogP contribution in [0.5, 0.6) is 5.75 Å². The largest absolute Gasteiger partial charge is 0.495 e. The molecule has 33 heavy (non-hydrogen) atoms. The van der Waals surface area contributed by atoms with Crippen LogP contribution in [-0.2, 0) is 17.8 Å². The second-order valence-corrected chi connectivity index (χ2v) is 9.73. The molecule has 0 aliphatic rings. The Morgan fingerprint density at radius 1 is 1.12 bits per heavy atom. The molecular formula is C25H25N3O3S2. The summed E-state index contributed by atoms with van der Waals surface area (Å²) in [5.41, 5.74) is 2.68. The van der Waals surface area contributed by atoms with Gasteiger partial charge in [-0.3, -0.25) is 14.2 Å². The van der Waals surface area contributed by atoms with Crippen LogP contribution in [0.1, 0.15) is 16.0 Å². The van der Waals surface area contributed by atoms with Crippen LogP contribution < -0.4 is 15.6 Å². The highest BCUT2D eigenvalue weighted by atomic mass is 32.2. The molecule has 0 fully saturated rings. The van der Waals surface area contributed by atoms with Crippen molar-refractivity contribution in [2.45, 2.75) is 32.0 Å². The fraction of sp³-hybridized carbons (Fsp3) is 0.240. The molecule has 0 bridgehead atoms. The lowest BCUT2D eigenvalue weighted by atomic mass is 10.1. The third kappa shape index (κ3) is 5.12. The van der Waals surface area contributed by atoms with E-state index in [1.165, 1.54) is 23.1 Å². The van der Waals surface area contributed by atoms with Crippen molar-refractivity contribution in [2.24, 2.45) is 0 Å². The highest BCUT2D eigenvalue weighted by Crippen LogP contribution is 2.29. The number of aryl methyl sites for hydroxylation is 3. The third-order valence-electron chi connectivity index (χ3n) is 5.43. The van der Waals surface area contributed by atoms with E-state index >= 15 is 0 Å². The fourth-order valence-corrected chi connectivity index (χ4v) is 5.46. The maximum absolute atomic E-state index is 13.4. The number of aromatic nitrogens is 2. The number of carbonyl (C=O) groups is 1. The van der Waals surface area contributed by atoms with Crippen molar-refractivity contribution in [3.8, 4) is 5.75 Å². The first-order valence-electron chi connectivity index (χ1n) is 10.6. The number of anilines is 1. The summed E-state index contributed by atoms with van der Waals surface area (Å²) in [6.45, 7) is 4.46. The van der Waals surface area contributed by atoms with Crippen molar-refractivity contribution in [3.05, 3.63) is 81.0 Å². The van der Waals surface area contributed by atoms with Gasteiger partial charge in [0.25, 0.3) is 5.56 Å². The molecule has 2 aromatic carbocycles. The number of nitrogens with one attached hydrogen (secondary N) is 1. The van der Waals surface area contributed by atoms with Crippen LogP contribution >= 0.6 is 23.1 Å². The van der Waals surface area contributed by atoms with Gasteiger partial charge in [0.1, 0.15) is 10.6 Å². The number of thiophene rings is 1. The standard InChI is InChI=1S/C25H25N3O3S2/c1-16-17(2)33-23-22(16)24(30)28(14-13-18-9-5-4-6-10-18)25(27-23)32-15-21(29)26-19-11-7-8-12-20(19)31-3/h4-12H,13-15H2,1-3H3,(H,26,29). The van der Waals surface area contributed by atoms with E-state index in [1.807, 2.05) is 56.3 Å². The van der Waals surface area contributed by atoms with Crippen molar-refractivity contribution in [1.29, 1.82) is 0 Å². The number of hydrogen-bond donors (Lipinski definition) is 1. The van der Waals surface area contributed by atoms with Crippen LogP contribution in [0.15, 0.2) is 64.5 Å². The second kappa shape index (κ2) is 10.2. The summed E-state index contributed by atoms with van der Waals surface area (Å²) in [5, 5.41) is 4.11. The molecule has 2 aromatic heterocycles. The van der Waals surface area contributed by atoms with Crippen molar-refractivity contribution in [2.75, 3.05) is 18.2 Å². The monoisotopic (exact) mass is 479 g/mol. The van der Waals surface area contributed by atoms with E-state index in [-0.39, 0.29) is 17.2 Å². The molecule has 0 saturated carbocycles. The van der Waals surface area contributed by atoms with E-state index in [1.54, 1.807) is 23.8 Å². The first kappa shape index (κ1) is 23.1. The predicted molar refractivity (Wildman–Crippen MR) is 136 cm³/mol. The van der Waals surface area contributed by atoms with Gasteiger partial charge in [-0.1, -0.05) is 54.2 Å².